The Labute approximate surface area is 201 Å². The van der Waals surface area contributed by atoms with Crippen molar-refractivity contribution in [3.8, 4) is 0 Å². The van der Waals surface area contributed by atoms with Gasteiger partial charge in [0.15, 0.2) is 4.34 Å². The van der Waals surface area contributed by atoms with Crippen molar-refractivity contribution in [2.24, 2.45) is 0 Å². The first-order valence-corrected chi connectivity index (χ1v) is 12.3. The van der Waals surface area contributed by atoms with E-state index < -0.39 is 0 Å². The molecule has 0 spiro atoms. The molecule has 0 aliphatic carbocycles. The van der Waals surface area contributed by atoms with Gasteiger partial charge in [-0.15, -0.1) is 11.3 Å². The Balaban J connectivity index is 1.43. The van der Waals surface area contributed by atoms with Gasteiger partial charge >= 0.3 is 0 Å². The van der Waals surface area contributed by atoms with Crippen molar-refractivity contribution in [2.75, 3.05) is 21.7 Å². The van der Waals surface area contributed by atoms with E-state index in [1.54, 1.807) is 24.3 Å². The van der Waals surface area contributed by atoms with Gasteiger partial charge in [0.2, 0.25) is 17.7 Å². The van der Waals surface area contributed by atoms with Crippen molar-refractivity contribution < 1.29 is 14.4 Å². The van der Waals surface area contributed by atoms with Crippen LogP contribution in [-0.2, 0) is 20.8 Å². The monoisotopic (exact) mass is 482 g/mol. The maximum absolute atomic E-state index is 12.3. The highest BCUT2D eigenvalue weighted by Crippen LogP contribution is 2.24. The number of thioether (sulfide) groups is 1. The Morgan fingerprint density at radius 1 is 0.879 bits per heavy atom. The van der Waals surface area contributed by atoms with Crippen LogP contribution < -0.4 is 16.0 Å². The lowest BCUT2D eigenvalue weighted by Crippen LogP contribution is -2.15. The predicted molar refractivity (Wildman–Crippen MR) is 135 cm³/mol. The number of rotatable bonds is 9. The fourth-order valence-electron chi connectivity index (χ4n) is 2.92. The van der Waals surface area contributed by atoms with Gasteiger partial charge in [-0.1, -0.05) is 37.7 Å². The molecule has 0 saturated heterocycles. The molecule has 3 rings (SSSR count). The number of thiazole rings is 1. The molecule has 0 radical (unpaired) electrons. The van der Waals surface area contributed by atoms with E-state index >= 15 is 0 Å². The molecule has 3 aromatic rings. The molecular formula is C24H26N4O3S2. The predicted octanol–water partition coefficient (Wildman–Crippen LogP) is 5.14. The highest BCUT2D eigenvalue weighted by atomic mass is 32.2. The van der Waals surface area contributed by atoms with Crippen LogP contribution in [0.15, 0.2) is 58.3 Å². The minimum absolute atomic E-state index is 0.130. The molecule has 33 heavy (non-hydrogen) atoms. The highest BCUT2D eigenvalue weighted by molar-refractivity contribution is 8.01. The van der Waals surface area contributed by atoms with Gasteiger partial charge in [-0.05, 0) is 47.9 Å². The second-order valence-electron chi connectivity index (χ2n) is 7.70. The van der Waals surface area contributed by atoms with Crippen LogP contribution >= 0.6 is 23.1 Å². The summed E-state index contributed by atoms with van der Waals surface area (Å²) in [7, 11) is 0. The number of anilines is 3. The van der Waals surface area contributed by atoms with Crippen molar-refractivity contribution in [2.45, 2.75) is 37.4 Å². The molecule has 0 unspecified atom stereocenters. The molecule has 1 aromatic heterocycles. The zero-order valence-corrected chi connectivity index (χ0v) is 20.3. The molecule has 0 aliphatic heterocycles. The lowest BCUT2D eigenvalue weighted by Gasteiger charge is -2.08. The van der Waals surface area contributed by atoms with Crippen LogP contribution in [0.1, 0.15) is 37.9 Å². The first kappa shape index (κ1) is 24.5. The summed E-state index contributed by atoms with van der Waals surface area (Å²) in [6.45, 7) is 5.69. The van der Waals surface area contributed by atoms with Gasteiger partial charge in [0.05, 0.1) is 17.9 Å². The van der Waals surface area contributed by atoms with E-state index in [0.717, 1.165) is 10.0 Å². The highest BCUT2D eigenvalue weighted by Gasteiger charge is 2.11. The molecule has 9 heteroatoms. The van der Waals surface area contributed by atoms with Gasteiger partial charge in [0, 0.05) is 29.4 Å². The average Bonchev–Trinajstić information content (AvgIpc) is 3.21. The van der Waals surface area contributed by atoms with Gasteiger partial charge in [-0.25, -0.2) is 4.98 Å². The Kier molecular flexibility index (Phi) is 8.62. The van der Waals surface area contributed by atoms with Crippen molar-refractivity contribution in [1.82, 2.24) is 4.98 Å². The SMILES string of the molecule is CC(=O)Nc1ccc(NC(=O)CSc2nc(CC(=O)Nc3ccc(C(C)C)cc3)cs2)cc1. The smallest absolute Gasteiger partial charge is 0.234 e. The number of hydrogen-bond acceptors (Lipinski definition) is 6. The van der Waals surface area contributed by atoms with Gasteiger partial charge in [-0.2, -0.15) is 0 Å². The summed E-state index contributed by atoms with van der Waals surface area (Å²) in [4.78, 5) is 40.0. The number of benzene rings is 2. The van der Waals surface area contributed by atoms with Crippen molar-refractivity contribution in [3.05, 3.63) is 65.2 Å². The van der Waals surface area contributed by atoms with Crippen LogP contribution in [0.4, 0.5) is 17.1 Å². The lowest BCUT2D eigenvalue weighted by molar-refractivity contribution is -0.116. The Morgan fingerprint density at radius 2 is 1.42 bits per heavy atom. The maximum atomic E-state index is 12.3. The fourth-order valence-corrected chi connectivity index (χ4v) is 4.57. The Hall–Kier alpha value is -3.17. The van der Waals surface area contributed by atoms with Gasteiger partial charge in [-0.3, -0.25) is 14.4 Å². The van der Waals surface area contributed by atoms with Crippen LogP contribution in [0.25, 0.3) is 0 Å². The topological polar surface area (TPSA) is 100 Å². The summed E-state index contributed by atoms with van der Waals surface area (Å²) in [6.07, 6.45) is 0.176. The van der Waals surface area contributed by atoms with Crippen LogP contribution in [0, 0.1) is 0 Å². The summed E-state index contributed by atoms with van der Waals surface area (Å²) in [5, 5.41) is 10.2. The summed E-state index contributed by atoms with van der Waals surface area (Å²) in [5.41, 5.74) is 3.97. The molecular weight excluding hydrogens is 456 g/mol. The third kappa shape index (κ3) is 8.03. The molecule has 172 valence electrons. The van der Waals surface area contributed by atoms with Crippen molar-refractivity contribution in [1.29, 1.82) is 0 Å². The molecule has 3 N–H and O–H groups in total. The normalized spacial score (nSPS) is 10.7. The fraction of sp³-hybridized carbons (Fsp3) is 0.250. The number of amides is 3. The first-order valence-electron chi connectivity index (χ1n) is 10.4. The van der Waals surface area contributed by atoms with E-state index in [1.807, 2.05) is 29.6 Å². The van der Waals surface area contributed by atoms with E-state index in [2.05, 4.69) is 34.8 Å². The molecule has 0 saturated carbocycles. The van der Waals surface area contributed by atoms with E-state index in [9.17, 15) is 14.4 Å². The quantitative estimate of drug-likeness (QED) is 0.367. The average molecular weight is 483 g/mol. The standard InChI is InChI=1S/C24H26N4O3S2/c1-15(2)17-4-6-19(7-5-17)26-22(30)12-21-13-32-24(28-21)33-14-23(31)27-20-10-8-18(9-11-20)25-16(3)29/h4-11,13,15H,12,14H2,1-3H3,(H,25,29)(H,26,30)(H,27,31). The van der Waals surface area contributed by atoms with Gasteiger partial charge in [0.1, 0.15) is 0 Å². The zero-order chi connectivity index (χ0) is 23.8. The van der Waals surface area contributed by atoms with Gasteiger partial charge < -0.3 is 16.0 Å². The van der Waals surface area contributed by atoms with Crippen molar-refractivity contribution >= 4 is 57.9 Å². The van der Waals surface area contributed by atoms with Gasteiger partial charge in [0.25, 0.3) is 0 Å². The van der Waals surface area contributed by atoms with E-state index in [1.165, 1.54) is 35.6 Å². The summed E-state index contributed by atoms with van der Waals surface area (Å²) in [5.74, 6) is 0.206. The van der Waals surface area contributed by atoms with Crippen LogP contribution in [0.5, 0.6) is 0 Å². The second-order valence-corrected chi connectivity index (χ2v) is 9.78. The molecule has 0 aliphatic rings. The Bertz CT molecular complexity index is 1110. The molecule has 1 heterocycles. The van der Waals surface area contributed by atoms with Crippen LogP contribution in [-0.4, -0.2) is 28.5 Å². The maximum Gasteiger partial charge on any atom is 0.234 e. The number of nitrogens with zero attached hydrogens (tertiary/aromatic N) is 1. The number of nitrogens with one attached hydrogen (secondary N) is 3. The van der Waals surface area contributed by atoms with Crippen LogP contribution in [0.3, 0.4) is 0 Å². The second kappa shape index (κ2) is 11.6. The zero-order valence-electron chi connectivity index (χ0n) is 18.7. The largest absolute Gasteiger partial charge is 0.326 e. The molecule has 7 nitrogen and oxygen atoms in total. The van der Waals surface area contributed by atoms with E-state index in [4.69, 9.17) is 0 Å². The third-order valence-corrected chi connectivity index (χ3v) is 6.62. The molecule has 3 amide bonds. The number of hydrogen-bond donors (Lipinski definition) is 3. The molecule has 2 aromatic carbocycles. The first-order chi connectivity index (χ1) is 15.8. The lowest BCUT2D eigenvalue weighted by atomic mass is 10.0. The minimum Gasteiger partial charge on any atom is -0.326 e. The van der Waals surface area contributed by atoms with E-state index in [-0.39, 0.29) is 29.9 Å². The molecule has 0 atom stereocenters. The van der Waals surface area contributed by atoms with Crippen molar-refractivity contribution in [3.63, 3.8) is 0 Å². The number of carbonyl (C=O) groups is 3. The summed E-state index contributed by atoms with van der Waals surface area (Å²) >= 11 is 2.73. The molecule has 0 fully saturated rings. The molecule has 0 bridgehead atoms. The third-order valence-electron chi connectivity index (χ3n) is 4.55. The van der Waals surface area contributed by atoms with E-state index in [0.29, 0.717) is 23.0 Å². The Morgan fingerprint density at radius 3 is 2.00 bits per heavy atom. The van der Waals surface area contributed by atoms with Crippen LogP contribution in [0.2, 0.25) is 0 Å². The summed E-state index contributed by atoms with van der Waals surface area (Å²) < 4.78 is 0.732. The number of aromatic nitrogens is 1. The number of carbonyl (C=O) groups excluding carboxylic acids is 3. The summed E-state index contributed by atoms with van der Waals surface area (Å²) in [6, 6.07) is 14.7. The minimum atomic E-state index is -0.161.